The molecule has 0 heterocycles. The van der Waals surface area contributed by atoms with Gasteiger partial charge in [0.2, 0.25) is 0 Å². The lowest BCUT2D eigenvalue weighted by Gasteiger charge is -2.49. The lowest BCUT2D eigenvalue weighted by molar-refractivity contribution is -0.160. The van der Waals surface area contributed by atoms with E-state index in [1.165, 1.54) is 0 Å². The van der Waals surface area contributed by atoms with Gasteiger partial charge in [0.15, 0.2) is 0 Å². The minimum atomic E-state index is -0.641. The molecule has 0 spiro atoms. The third-order valence-corrected chi connectivity index (χ3v) is 3.38. The molecule has 1 fully saturated rings. The third kappa shape index (κ3) is 1.65. The minimum Gasteiger partial charge on any atom is -0.481 e. The van der Waals surface area contributed by atoms with Crippen LogP contribution in [0.25, 0.3) is 0 Å². The van der Waals surface area contributed by atoms with E-state index in [9.17, 15) is 9.90 Å². The highest BCUT2D eigenvalue weighted by Gasteiger charge is 2.53. The summed E-state index contributed by atoms with van der Waals surface area (Å²) in [4.78, 5) is 11.3. The summed E-state index contributed by atoms with van der Waals surface area (Å²) in [6.07, 6.45) is 2.66. The van der Waals surface area contributed by atoms with Crippen LogP contribution in [-0.2, 0) is 4.79 Å². The number of rotatable bonds is 3. The Bertz CT molecular complexity index is 226. The van der Waals surface area contributed by atoms with Crippen LogP contribution in [0.15, 0.2) is 0 Å². The largest absolute Gasteiger partial charge is 0.481 e. The number of nitrogens with one attached hydrogen (secondary N) is 1. The molecule has 3 heteroatoms. The maximum atomic E-state index is 11.3. The fourth-order valence-electron chi connectivity index (χ4n) is 2.72. The highest BCUT2D eigenvalue weighted by atomic mass is 16.4. The predicted molar refractivity (Wildman–Crippen MR) is 56.2 cm³/mol. The highest BCUT2D eigenvalue weighted by Crippen LogP contribution is 2.48. The molecule has 1 unspecified atom stereocenters. The second-order valence-corrected chi connectivity index (χ2v) is 5.40. The fraction of sp³-hybridized carbons (Fsp3) is 0.909. The first-order valence-electron chi connectivity index (χ1n) is 5.25. The van der Waals surface area contributed by atoms with Crippen molar-refractivity contribution in [2.24, 2.45) is 10.8 Å². The van der Waals surface area contributed by atoms with Gasteiger partial charge in [-0.1, -0.05) is 27.2 Å². The van der Waals surface area contributed by atoms with Gasteiger partial charge in [-0.05, 0) is 25.3 Å². The Hall–Kier alpha value is -0.570. The third-order valence-electron chi connectivity index (χ3n) is 3.38. The molecule has 1 rings (SSSR count). The van der Waals surface area contributed by atoms with Crippen LogP contribution in [0.4, 0.5) is 0 Å². The van der Waals surface area contributed by atoms with Crippen LogP contribution in [0.3, 0.4) is 0 Å². The van der Waals surface area contributed by atoms with Crippen molar-refractivity contribution in [1.82, 2.24) is 5.32 Å². The normalized spacial score (nSPS) is 22.6. The van der Waals surface area contributed by atoms with Crippen molar-refractivity contribution in [1.29, 1.82) is 0 Å². The van der Waals surface area contributed by atoms with E-state index in [4.69, 9.17) is 0 Å². The molecule has 0 aromatic heterocycles. The van der Waals surface area contributed by atoms with Gasteiger partial charge in [-0.2, -0.15) is 0 Å². The van der Waals surface area contributed by atoms with Gasteiger partial charge in [-0.3, -0.25) is 4.79 Å². The zero-order chi connectivity index (χ0) is 11.0. The van der Waals surface area contributed by atoms with Gasteiger partial charge in [0.1, 0.15) is 0 Å². The van der Waals surface area contributed by atoms with E-state index in [1.54, 1.807) is 0 Å². The van der Waals surface area contributed by atoms with Crippen LogP contribution in [0, 0.1) is 10.8 Å². The van der Waals surface area contributed by atoms with Crippen LogP contribution < -0.4 is 5.32 Å². The van der Waals surface area contributed by atoms with Crippen molar-refractivity contribution < 1.29 is 9.90 Å². The summed E-state index contributed by atoms with van der Waals surface area (Å²) in [5.74, 6) is -0.641. The first-order valence-corrected chi connectivity index (χ1v) is 5.25. The highest BCUT2D eigenvalue weighted by molar-refractivity contribution is 5.77. The lowest BCUT2D eigenvalue weighted by Crippen LogP contribution is -2.58. The van der Waals surface area contributed by atoms with Crippen LogP contribution >= 0.6 is 0 Å². The second-order valence-electron chi connectivity index (χ2n) is 5.40. The van der Waals surface area contributed by atoms with Gasteiger partial charge >= 0.3 is 5.97 Å². The van der Waals surface area contributed by atoms with Crippen molar-refractivity contribution in [3.63, 3.8) is 0 Å². The van der Waals surface area contributed by atoms with Crippen LogP contribution in [0.1, 0.15) is 40.0 Å². The molecule has 2 N–H and O–H groups in total. The molecule has 14 heavy (non-hydrogen) atoms. The Labute approximate surface area is 85.9 Å². The molecular weight excluding hydrogens is 178 g/mol. The van der Waals surface area contributed by atoms with Crippen LogP contribution in [0.5, 0.6) is 0 Å². The van der Waals surface area contributed by atoms with Crippen molar-refractivity contribution >= 4 is 5.97 Å². The molecule has 1 saturated carbocycles. The summed E-state index contributed by atoms with van der Waals surface area (Å²) in [6.45, 7) is 6.28. The molecule has 1 aliphatic rings. The van der Waals surface area contributed by atoms with Crippen LogP contribution in [-0.4, -0.2) is 24.2 Å². The average molecular weight is 199 g/mol. The maximum Gasteiger partial charge on any atom is 0.311 e. The molecule has 1 atom stereocenters. The van der Waals surface area contributed by atoms with E-state index >= 15 is 0 Å². The zero-order valence-electron chi connectivity index (χ0n) is 9.55. The first-order chi connectivity index (χ1) is 6.34. The summed E-state index contributed by atoms with van der Waals surface area (Å²) >= 11 is 0. The zero-order valence-corrected chi connectivity index (χ0v) is 9.55. The smallest absolute Gasteiger partial charge is 0.311 e. The Kier molecular flexibility index (Phi) is 2.91. The van der Waals surface area contributed by atoms with Gasteiger partial charge in [0.25, 0.3) is 0 Å². The van der Waals surface area contributed by atoms with Crippen molar-refractivity contribution in [3.05, 3.63) is 0 Å². The topological polar surface area (TPSA) is 49.3 Å². The minimum absolute atomic E-state index is 0.00639. The van der Waals surface area contributed by atoms with E-state index in [0.29, 0.717) is 0 Å². The predicted octanol–water partition coefficient (Wildman–Crippen LogP) is 1.88. The Morgan fingerprint density at radius 3 is 2.00 bits per heavy atom. The number of hydrogen-bond acceptors (Lipinski definition) is 2. The molecule has 0 amide bonds. The number of carboxylic acids is 1. The summed E-state index contributed by atoms with van der Waals surface area (Å²) < 4.78 is 0. The standard InChI is InChI=1S/C11H21NO2/c1-10(2,3)8(12-4)11(9(13)14)6-5-7-11/h8,12H,5-7H2,1-4H3,(H,13,14). The Morgan fingerprint density at radius 2 is 1.93 bits per heavy atom. The second kappa shape index (κ2) is 3.54. The molecule has 0 bridgehead atoms. The summed E-state index contributed by atoms with van der Waals surface area (Å²) in [7, 11) is 1.86. The summed E-state index contributed by atoms with van der Waals surface area (Å²) in [5, 5.41) is 12.5. The van der Waals surface area contributed by atoms with Crippen LogP contribution in [0.2, 0.25) is 0 Å². The molecule has 0 aromatic rings. The van der Waals surface area contributed by atoms with E-state index < -0.39 is 11.4 Å². The quantitative estimate of drug-likeness (QED) is 0.729. The molecule has 82 valence electrons. The molecule has 0 aliphatic heterocycles. The van der Waals surface area contributed by atoms with E-state index in [1.807, 2.05) is 7.05 Å². The van der Waals surface area contributed by atoms with E-state index in [0.717, 1.165) is 19.3 Å². The average Bonchev–Trinajstić information content (AvgIpc) is 1.92. The van der Waals surface area contributed by atoms with Gasteiger partial charge in [-0.15, -0.1) is 0 Å². The van der Waals surface area contributed by atoms with E-state index in [2.05, 4.69) is 26.1 Å². The lowest BCUT2D eigenvalue weighted by atomic mass is 9.58. The monoisotopic (exact) mass is 199 g/mol. The fourth-order valence-corrected chi connectivity index (χ4v) is 2.72. The molecule has 3 nitrogen and oxygen atoms in total. The number of carbonyl (C=O) groups is 1. The SMILES string of the molecule is CNC(C(C)(C)C)C1(C(=O)O)CCC1. The molecular formula is C11H21NO2. The first kappa shape index (κ1) is 11.5. The molecule has 0 radical (unpaired) electrons. The Morgan fingerprint density at radius 1 is 1.43 bits per heavy atom. The maximum absolute atomic E-state index is 11.3. The van der Waals surface area contributed by atoms with E-state index in [-0.39, 0.29) is 11.5 Å². The number of carboxylic acid groups (broad SMARTS) is 1. The van der Waals surface area contributed by atoms with Crippen molar-refractivity contribution in [2.75, 3.05) is 7.05 Å². The summed E-state index contributed by atoms with van der Waals surface area (Å²) in [6, 6.07) is 0.0567. The molecule has 0 aromatic carbocycles. The molecule has 0 saturated heterocycles. The van der Waals surface area contributed by atoms with Gasteiger partial charge in [0.05, 0.1) is 5.41 Å². The van der Waals surface area contributed by atoms with Crippen molar-refractivity contribution in [3.8, 4) is 0 Å². The number of hydrogen-bond donors (Lipinski definition) is 2. The van der Waals surface area contributed by atoms with Crippen molar-refractivity contribution in [2.45, 2.75) is 46.1 Å². The Balaban J connectivity index is 2.92. The summed E-state index contributed by atoms with van der Waals surface area (Å²) in [5.41, 5.74) is -0.527. The van der Waals surface area contributed by atoms with Gasteiger partial charge in [0, 0.05) is 6.04 Å². The molecule has 1 aliphatic carbocycles. The van der Waals surface area contributed by atoms with Gasteiger partial charge < -0.3 is 10.4 Å². The van der Waals surface area contributed by atoms with Gasteiger partial charge in [-0.25, -0.2) is 0 Å². The number of aliphatic carboxylic acids is 1.